The lowest BCUT2D eigenvalue weighted by Crippen LogP contribution is -1.95. The molecule has 0 aliphatic carbocycles. The van der Waals surface area contributed by atoms with Crippen molar-refractivity contribution in [2.24, 2.45) is 0 Å². The van der Waals surface area contributed by atoms with Crippen LogP contribution in [-0.4, -0.2) is 10.9 Å². The Balaban J connectivity index is 3.35. The van der Waals surface area contributed by atoms with E-state index in [1.807, 2.05) is 0 Å². The second kappa shape index (κ2) is 3.99. The molecule has 1 aromatic carbocycles. The van der Waals surface area contributed by atoms with Crippen LogP contribution in [0.25, 0.3) is 0 Å². The Hall–Kier alpha value is -0.730. The Morgan fingerprint density at radius 2 is 2.15 bits per heavy atom. The number of phenols is 1. The third-order valence-corrected chi connectivity index (χ3v) is 2.18. The Morgan fingerprint density at radius 3 is 2.62 bits per heavy atom. The van der Waals surface area contributed by atoms with Gasteiger partial charge in [-0.15, -0.1) is 11.6 Å². The molecule has 0 atom stereocenters. The number of phenolic OH excluding ortho intramolecular Hbond substituents is 1. The third kappa shape index (κ3) is 2.14. The van der Waals surface area contributed by atoms with Crippen LogP contribution >= 0.6 is 23.2 Å². The predicted octanol–water partition coefficient (Wildman–Crippen LogP) is 2.99. The first-order valence-electron chi connectivity index (χ1n) is 3.64. The molecule has 0 saturated heterocycles. The van der Waals surface area contributed by atoms with Gasteiger partial charge in [0, 0.05) is 10.6 Å². The summed E-state index contributed by atoms with van der Waals surface area (Å²) in [4.78, 5) is 11.0. The molecule has 1 aromatic rings. The first-order chi connectivity index (χ1) is 6.06. The number of carbonyl (C=O) groups excluding carboxylic acids is 1. The van der Waals surface area contributed by atoms with Crippen LogP contribution in [0.4, 0.5) is 0 Å². The van der Waals surface area contributed by atoms with Crippen LogP contribution in [0.15, 0.2) is 12.1 Å². The average Bonchev–Trinajstić information content (AvgIpc) is 2.08. The van der Waals surface area contributed by atoms with Crippen molar-refractivity contribution in [2.45, 2.75) is 12.8 Å². The summed E-state index contributed by atoms with van der Waals surface area (Å²) >= 11 is 11.3. The largest absolute Gasteiger partial charge is 0.507 e. The molecule has 0 amide bonds. The van der Waals surface area contributed by atoms with Crippen molar-refractivity contribution in [3.05, 3.63) is 28.3 Å². The number of aromatic hydroxyl groups is 1. The zero-order valence-electron chi connectivity index (χ0n) is 6.97. The maximum absolute atomic E-state index is 11.0. The molecule has 4 heteroatoms. The lowest BCUT2D eigenvalue weighted by Gasteiger charge is -2.05. The van der Waals surface area contributed by atoms with Crippen molar-refractivity contribution in [2.75, 3.05) is 0 Å². The number of ketones is 1. The van der Waals surface area contributed by atoms with Gasteiger partial charge in [-0.3, -0.25) is 4.79 Å². The van der Waals surface area contributed by atoms with Gasteiger partial charge < -0.3 is 5.11 Å². The summed E-state index contributed by atoms with van der Waals surface area (Å²) in [5.41, 5.74) is 0.683. The molecule has 0 heterocycles. The highest BCUT2D eigenvalue weighted by Gasteiger charge is 2.11. The molecular formula is C9H8Cl2O2. The molecule has 0 unspecified atom stereocenters. The lowest BCUT2D eigenvalue weighted by atomic mass is 10.1. The molecule has 13 heavy (non-hydrogen) atoms. The SMILES string of the molecule is CC(=O)c1cc(Cl)cc(CCl)c1O. The molecule has 0 bridgehead atoms. The van der Waals surface area contributed by atoms with Gasteiger partial charge in [0.05, 0.1) is 11.4 Å². The maximum atomic E-state index is 11.0. The van der Waals surface area contributed by atoms with Crippen LogP contribution in [-0.2, 0) is 5.88 Å². The molecule has 0 spiro atoms. The molecular weight excluding hydrogens is 211 g/mol. The summed E-state index contributed by atoms with van der Waals surface area (Å²) < 4.78 is 0. The molecule has 0 aromatic heterocycles. The smallest absolute Gasteiger partial charge is 0.163 e. The highest BCUT2D eigenvalue weighted by Crippen LogP contribution is 2.28. The second-order valence-electron chi connectivity index (χ2n) is 2.65. The van der Waals surface area contributed by atoms with Gasteiger partial charge in [-0.25, -0.2) is 0 Å². The number of hydrogen-bond acceptors (Lipinski definition) is 2. The zero-order valence-corrected chi connectivity index (χ0v) is 8.49. The number of halogens is 2. The number of carbonyl (C=O) groups is 1. The van der Waals surface area contributed by atoms with Gasteiger partial charge in [0.15, 0.2) is 5.78 Å². The Labute approximate surface area is 86.1 Å². The first-order valence-corrected chi connectivity index (χ1v) is 4.55. The minimum Gasteiger partial charge on any atom is -0.507 e. The standard InChI is InChI=1S/C9H8Cl2O2/c1-5(12)8-3-7(11)2-6(4-10)9(8)13/h2-3,13H,4H2,1H3. The predicted molar refractivity (Wildman–Crippen MR) is 52.7 cm³/mol. The van der Waals surface area contributed by atoms with E-state index in [0.29, 0.717) is 10.6 Å². The molecule has 0 radical (unpaired) electrons. The van der Waals surface area contributed by atoms with E-state index in [1.54, 1.807) is 0 Å². The number of benzene rings is 1. The van der Waals surface area contributed by atoms with Gasteiger partial charge in [-0.1, -0.05) is 11.6 Å². The minimum atomic E-state index is -0.230. The van der Waals surface area contributed by atoms with E-state index in [-0.39, 0.29) is 23.0 Å². The van der Waals surface area contributed by atoms with Crippen LogP contribution in [0, 0.1) is 0 Å². The van der Waals surface area contributed by atoms with Crippen molar-refractivity contribution in [1.29, 1.82) is 0 Å². The van der Waals surface area contributed by atoms with Crippen molar-refractivity contribution >= 4 is 29.0 Å². The van der Waals surface area contributed by atoms with Gasteiger partial charge >= 0.3 is 0 Å². The van der Waals surface area contributed by atoms with Crippen LogP contribution < -0.4 is 0 Å². The number of alkyl halides is 1. The Bertz CT molecular complexity index is 348. The average molecular weight is 219 g/mol. The lowest BCUT2D eigenvalue weighted by molar-refractivity contribution is 0.101. The van der Waals surface area contributed by atoms with Gasteiger partial charge in [0.25, 0.3) is 0 Å². The number of rotatable bonds is 2. The van der Waals surface area contributed by atoms with Crippen LogP contribution in [0.2, 0.25) is 5.02 Å². The summed E-state index contributed by atoms with van der Waals surface area (Å²) in [6, 6.07) is 2.96. The second-order valence-corrected chi connectivity index (χ2v) is 3.35. The summed E-state index contributed by atoms with van der Waals surface area (Å²) in [5, 5.41) is 9.92. The number of hydrogen-bond donors (Lipinski definition) is 1. The highest BCUT2D eigenvalue weighted by atomic mass is 35.5. The number of Topliss-reactive ketones (excluding diaryl/α,β-unsaturated/α-hetero) is 1. The quantitative estimate of drug-likeness (QED) is 0.613. The summed E-state index contributed by atoms with van der Waals surface area (Å²) in [6.45, 7) is 1.36. The van der Waals surface area contributed by atoms with E-state index in [1.165, 1.54) is 19.1 Å². The Morgan fingerprint density at radius 1 is 1.54 bits per heavy atom. The van der Waals surface area contributed by atoms with Crippen molar-refractivity contribution in [1.82, 2.24) is 0 Å². The van der Waals surface area contributed by atoms with Crippen molar-refractivity contribution in [3.63, 3.8) is 0 Å². The van der Waals surface area contributed by atoms with Gasteiger partial charge in [-0.05, 0) is 19.1 Å². The molecule has 1 rings (SSSR count). The van der Waals surface area contributed by atoms with Crippen LogP contribution in [0.1, 0.15) is 22.8 Å². The van der Waals surface area contributed by atoms with Gasteiger partial charge in [0.1, 0.15) is 5.75 Å². The zero-order chi connectivity index (χ0) is 10.0. The molecule has 0 fully saturated rings. The summed E-state index contributed by atoms with van der Waals surface area (Å²) in [5.74, 6) is -0.176. The molecule has 2 nitrogen and oxygen atoms in total. The Kier molecular flexibility index (Phi) is 3.17. The maximum Gasteiger partial charge on any atom is 0.163 e. The van der Waals surface area contributed by atoms with E-state index < -0.39 is 0 Å². The minimum absolute atomic E-state index is 0.0769. The molecule has 70 valence electrons. The normalized spacial score (nSPS) is 10.1. The molecule has 1 N–H and O–H groups in total. The summed E-state index contributed by atoms with van der Waals surface area (Å²) in [6.07, 6.45) is 0. The molecule has 0 saturated carbocycles. The van der Waals surface area contributed by atoms with E-state index >= 15 is 0 Å². The van der Waals surface area contributed by atoms with E-state index in [0.717, 1.165) is 0 Å². The van der Waals surface area contributed by atoms with Gasteiger partial charge in [-0.2, -0.15) is 0 Å². The van der Waals surface area contributed by atoms with E-state index in [9.17, 15) is 9.90 Å². The first kappa shape index (κ1) is 10.4. The fraction of sp³-hybridized carbons (Fsp3) is 0.222. The van der Waals surface area contributed by atoms with Crippen LogP contribution in [0.5, 0.6) is 5.75 Å². The van der Waals surface area contributed by atoms with E-state index in [2.05, 4.69) is 0 Å². The monoisotopic (exact) mass is 218 g/mol. The van der Waals surface area contributed by atoms with Crippen LogP contribution in [0.3, 0.4) is 0 Å². The third-order valence-electron chi connectivity index (χ3n) is 1.68. The topological polar surface area (TPSA) is 37.3 Å². The highest BCUT2D eigenvalue weighted by molar-refractivity contribution is 6.31. The summed E-state index contributed by atoms with van der Waals surface area (Å²) in [7, 11) is 0. The fourth-order valence-corrected chi connectivity index (χ4v) is 1.47. The fourth-order valence-electron chi connectivity index (χ4n) is 1.03. The van der Waals surface area contributed by atoms with E-state index in [4.69, 9.17) is 23.2 Å². The van der Waals surface area contributed by atoms with Crippen molar-refractivity contribution in [3.8, 4) is 5.75 Å². The molecule has 0 aliphatic heterocycles. The van der Waals surface area contributed by atoms with Gasteiger partial charge in [0.2, 0.25) is 0 Å². The van der Waals surface area contributed by atoms with Crippen molar-refractivity contribution < 1.29 is 9.90 Å². The molecule has 0 aliphatic rings.